The van der Waals surface area contributed by atoms with E-state index in [1.807, 2.05) is 26.0 Å². The fraction of sp³-hybridized carbons (Fsp3) is 0.429. The smallest absolute Gasteiger partial charge is 0.325 e. The van der Waals surface area contributed by atoms with Crippen molar-refractivity contribution in [3.63, 3.8) is 0 Å². The van der Waals surface area contributed by atoms with E-state index in [0.29, 0.717) is 17.4 Å². The summed E-state index contributed by atoms with van der Waals surface area (Å²) in [6.07, 6.45) is 0.668. The molecule has 1 saturated heterocycles. The molecule has 0 unspecified atom stereocenters. The van der Waals surface area contributed by atoms with E-state index < -0.39 is 0 Å². The van der Waals surface area contributed by atoms with Crippen LogP contribution in [-0.4, -0.2) is 22.9 Å². The molecule has 0 saturated carbocycles. The summed E-state index contributed by atoms with van der Waals surface area (Å²) in [7, 11) is 0. The van der Waals surface area contributed by atoms with Crippen molar-refractivity contribution in [2.75, 3.05) is 0 Å². The third-order valence-electron chi connectivity index (χ3n) is 3.07. The molecule has 19 heavy (non-hydrogen) atoms. The molecule has 0 aromatic heterocycles. The number of urea groups is 1. The number of imide groups is 1. The Kier molecular flexibility index (Phi) is 4.10. The first-order valence-corrected chi connectivity index (χ1v) is 6.71. The number of carbonyl (C=O) groups excluding carboxylic acids is 2. The number of halogens is 1. The van der Waals surface area contributed by atoms with Crippen LogP contribution in [0.3, 0.4) is 0 Å². The van der Waals surface area contributed by atoms with Gasteiger partial charge in [0.25, 0.3) is 5.91 Å². The molecule has 0 radical (unpaired) electrons. The highest BCUT2D eigenvalue weighted by Crippen LogP contribution is 2.18. The molecule has 1 aromatic rings. The van der Waals surface area contributed by atoms with Crippen LogP contribution in [0.15, 0.2) is 24.3 Å². The van der Waals surface area contributed by atoms with Gasteiger partial charge in [0.15, 0.2) is 0 Å². The van der Waals surface area contributed by atoms with Crippen LogP contribution >= 0.6 is 11.6 Å². The SMILES string of the molecule is CC(C)C[C@@H]1NC(=O)N(Cc2ccc(Cl)cc2)C1=O. The number of carbonyl (C=O) groups is 2. The summed E-state index contributed by atoms with van der Waals surface area (Å²) in [6, 6.07) is 6.43. The molecule has 2 rings (SSSR count). The fourth-order valence-corrected chi connectivity index (χ4v) is 2.26. The minimum Gasteiger partial charge on any atom is -0.326 e. The van der Waals surface area contributed by atoms with E-state index in [2.05, 4.69) is 5.32 Å². The minimum absolute atomic E-state index is 0.145. The van der Waals surface area contributed by atoms with Crippen LogP contribution in [0.1, 0.15) is 25.8 Å². The number of nitrogens with zero attached hydrogens (tertiary/aromatic N) is 1. The summed E-state index contributed by atoms with van der Waals surface area (Å²) >= 11 is 5.81. The van der Waals surface area contributed by atoms with Gasteiger partial charge in [-0.1, -0.05) is 37.6 Å². The van der Waals surface area contributed by atoms with Gasteiger partial charge in [0.1, 0.15) is 6.04 Å². The third-order valence-corrected chi connectivity index (χ3v) is 3.32. The molecule has 1 aromatic carbocycles. The predicted octanol–water partition coefficient (Wildman–Crippen LogP) is 2.81. The molecule has 0 spiro atoms. The number of amides is 3. The molecule has 1 heterocycles. The lowest BCUT2D eigenvalue weighted by Crippen LogP contribution is -2.31. The van der Waals surface area contributed by atoms with E-state index in [9.17, 15) is 9.59 Å². The molecule has 5 heteroatoms. The average molecular weight is 281 g/mol. The lowest BCUT2D eigenvalue weighted by Gasteiger charge is -2.13. The van der Waals surface area contributed by atoms with Crippen molar-refractivity contribution in [1.82, 2.24) is 10.2 Å². The number of hydrogen-bond acceptors (Lipinski definition) is 2. The first-order valence-electron chi connectivity index (χ1n) is 6.33. The van der Waals surface area contributed by atoms with Crippen LogP contribution in [0.4, 0.5) is 4.79 Å². The predicted molar refractivity (Wildman–Crippen MR) is 73.8 cm³/mol. The Bertz CT molecular complexity index is 485. The van der Waals surface area contributed by atoms with E-state index in [-0.39, 0.29) is 24.5 Å². The molecule has 1 aliphatic heterocycles. The van der Waals surface area contributed by atoms with Gasteiger partial charge in [0, 0.05) is 5.02 Å². The van der Waals surface area contributed by atoms with Crippen molar-refractivity contribution in [3.8, 4) is 0 Å². The van der Waals surface area contributed by atoms with Crippen LogP contribution in [0, 0.1) is 5.92 Å². The molecular weight excluding hydrogens is 264 g/mol. The zero-order chi connectivity index (χ0) is 14.0. The lowest BCUT2D eigenvalue weighted by atomic mass is 10.0. The highest BCUT2D eigenvalue weighted by atomic mass is 35.5. The Morgan fingerprint density at radius 2 is 1.89 bits per heavy atom. The highest BCUT2D eigenvalue weighted by Gasteiger charge is 2.37. The van der Waals surface area contributed by atoms with Crippen LogP contribution in [-0.2, 0) is 11.3 Å². The second-order valence-electron chi connectivity index (χ2n) is 5.18. The van der Waals surface area contributed by atoms with Crippen LogP contribution in [0.2, 0.25) is 5.02 Å². The average Bonchev–Trinajstić information content (AvgIpc) is 2.59. The molecule has 102 valence electrons. The maximum Gasteiger partial charge on any atom is 0.325 e. The third kappa shape index (κ3) is 3.26. The van der Waals surface area contributed by atoms with Gasteiger partial charge in [-0.3, -0.25) is 9.69 Å². The van der Waals surface area contributed by atoms with Gasteiger partial charge in [-0.25, -0.2) is 4.79 Å². The first kappa shape index (κ1) is 13.9. The second-order valence-corrected chi connectivity index (χ2v) is 5.62. The first-order chi connectivity index (χ1) is 8.97. The fourth-order valence-electron chi connectivity index (χ4n) is 2.13. The molecule has 1 fully saturated rings. The minimum atomic E-state index is -0.389. The monoisotopic (exact) mass is 280 g/mol. The van der Waals surface area contributed by atoms with Crippen molar-refractivity contribution in [3.05, 3.63) is 34.9 Å². The Balaban J connectivity index is 2.06. The van der Waals surface area contributed by atoms with Gasteiger partial charge in [0.05, 0.1) is 6.54 Å². The van der Waals surface area contributed by atoms with Gasteiger partial charge in [-0.05, 0) is 30.0 Å². The summed E-state index contributed by atoms with van der Waals surface area (Å²) < 4.78 is 0. The van der Waals surface area contributed by atoms with Gasteiger partial charge < -0.3 is 5.32 Å². The maximum absolute atomic E-state index is 12.1. The Morgan fingerprint density at radius 3 is 2.47 bits per heavy atom. The van der Waals surface area contributed by atoms with Crippen LogP contribution in [0.25, 0.3) is 0 Å². The molecular formula is C14H17ClN2O2. The number of nitrogens with one attached hydrogen (secondary N) is 1. The number of benzene rings is 1. The van der Waals surface area contributed by atoms with E-state index in [4.69, 9.17) is 11.6 Å². The van der Waals surface area contributed by atoms with E-state index >= 15 is 0 Å². The van der Waals surface area contributed by atoms with Gasteiger partial charge >= 0.3 is 6.03 Å². The molecule has 1 atom stereocenters. The normalized spacial score (nSPS) is 19.2. The topological polar surface area (TPSA) is 49.4 Å². The molecule has 0 aliphatic carbocycles. The standard InChI is InChI=1S/C14H17ClN2O2/c1-9(2)7-12-13(18)17(14(19)16-12)8-10-3-5-11(15)6-4-10/h3-6,9,12H,7-8H2,1-2H3,(H,16,19)/t12-/m0/s1. The Labute approximate surface area is 117 Å². The quantitative estimate of drug-likeness (QED) is 0.862. The van der Waals surface area contributed by atoms with Gasteiger partial charge in [0.2, 0.25) is 0 Å². The summed E-state index contributed by atoms with van der Waals surface area (Å²) in [4.78, 5) is 25.2. The van der Waals surface area contributed by atoms with E-state index in [1.165, 1.54) is 4.90 Å². The lowest BCUT2D eigenvalue weighted by molar-refractivity contribution is -0.128. The van der Waals surface area contributed by atoms with Crippen LogP contribution < -0.4 is 5.32 Å². The number of rotatable bonds is 4. The molecule has 0 bridgehead atoms. The zero-order valence-electron chi connectivity index (χ0n) is 11.0. The van der Waals surface area contributed by atoms with Crippen molar-refractivity contribution < 1.29 is 9.59 Å². The summed E-state index contributed by atoms with van der Waals surface area (Å²) in [5.74, 6) is 0.221. The van der Waals surface area contributed by atoms with Crippen molar-refractivity contribution >= 4 is 23.5 Å². The highest BCUT2D eigenvalue weighted by molar-refractivity contribution is 6.30. The van der Waals surface area contributed by atoms with E-state index in [0.717, 1.165) is 5.56 Å². The summed E-state index contributed by atoms with van der Waals surface area (Å²) in [5, 5.41) is 3.37. The second kappa shape index (κ2) is 5.61. The van der Waals surface area contributed by atoms with Crippen LogP contribution in [0.5, 0.6) is 0 Å². The zero-order valence-corrected chi connectivity index (χ0v) is 11.8. The number of hydrogen-bond donors (Lipinski definition) is 1. The van der Waals surface area contributed by atoms with Crippen molar-refractivity contribution in [2.45, 2.75) is 32.9 Å². The molecule has 3 amide bonds. The van der Waals surface area contributed by atoms with Crippen molar-refractivity contribution in [1.29, 1.82) is 0 Å². The van der Waals surface area contributed by atoms with Gasteiger partial charge in [-0.2, -0.15) is 0 Å². The van der Waals surface area contributed by atoms with Crippen molar-refractivity contribution in [2.24, 2.45) is 5.92 Å². The maximum atomic E-state index is 12.1. The Hall–Kier alpha value is -1.55. The molecule has 4 nitrogen and oxygen atoms in total. The van der Waals surface area contributed by atoms with Gasteiger partial charge in [-0.15, -0.1) is 0 Å². The summed E-state index contributed by atoms with van der Waals surface area (Å²) in [6.45, 7) is 4.35. The van der Waals surface area contributed by atoms with E-state index in [1.54, 1.807) is 12.1 Å². The molecule has 1 N–H and O–H groups in total. The molecule has 1 aliphatic rings. The largest absolute Gasteiger partial charge is 0.326 e. The summed E-state index contributed by atoms with van der Waals surface area (Å²) in [5.41, 5.74) is 0.887. The Morgan fingerprint density at radius 1 is 1.26 bits per heavy atom.